The van der Waals surface area contributed by atoms with E-state index in [1.54, 1.807) is 17.2 Å². The molecule has 30 heavy (non-hydrogen) atoms. The summed E-state index contributed by atoms with van der Waals surface area (Å²) >= 11 is 1.40. The Labute approximate surface area is 179 Å². The van der Waals surface area contributed by atoms with Gasteiger partial charge in [0.2, 0.25) is 5.91 Å². The van der Waals surface area contributed by atoms with Gasteiger partial charge in [0.1, 0.15) is 11.6 Å². The number of carbonyl (C=O) groups is 1. The van der Waals surface area contributed by atoms with Crippen molar-refractivity contribution in [1.82, 2.24) is 19.7 Å². The molecule has 1 saturated carbocycles. The van der Waals surface area contributed by atoms with Crippen LogP contribution in [0.2, 0.25) is 0 Å². The van der Waals surface area contributed by atoms with Gasteiger partial charge in [0.25, 0.3) is 0 Å². The number of hydrogen-bond acceptors (Lipinski definition) is 6. The van der Waals surface area contributed by atoms with Crippen molar-refractivity contribution in [3.63, 3.8) is 0 Å². The minimum Gasteiger partial charge on any atom is -0.467 e. The molecule has 1 fully saturated rings. The largest absolute Gasteiger partial charge is 0.467 e. The number of rotatable bonds is 10. The van der Waals surface area contributed by atoms with Crippen molar-refractivity contribution in [3.05, 3.63) is 65.9 Å². The molecule has 4 rings (SSSR count). The van der Waals surface area contributed by atoms with Gasteiger partial charge in [-0.15, -0.1) is 10.2 Å². The number of nitrogens with zero attached hydrogens (tertiary/aromatic N) is 5. The Morgan fingerprint density at radius 2 is 2.07 bits per heavy atom. The number of furan rings is 1. The van der Waals surface area contributed by atoms with Gasteiger partial charge in [-0.25, -0.2) is 0 Å². The monoisotopic (exact) mass is 421 g/mol. The van der Waals surface area contributed by atoms with Gasteiger partial charge in [-0.2, -0.15) is 5.26 Å². The molecule has 154 valence electrons. The zero-order valence-electron chi connectivity index (χ0n) is 16.6. The standard InChI is InChI=1S/C22H23N5O2S/c23-11-5-12-26(15-19-8-4-13-29-19)20(28)16-30-22-25-24-21(18-9-10-18)27(22)14-17-6-2-1-3-7-17/h1-4,6-8,13,18H,5,9-10,12,14-16H2. The Hall–Kier alpha value is -3.05. The number of nitriles is 1. The van der Waals surface area contributed by atoms with Crippen LogP contribution in [-0.4, -0.2) is 37.9 Å². The molecule has 1 amide bonds. The topological polar surface area (TPSA) is 87.9 Å². The molecule has 0 saturated heterocycles. The Morgan fingerprint density at radius 3 is 2.77 bits per heavy atom. The van der Waals surface area contributed by atoms with E-state index in [0.29, 0.717) is 31.3 Å². The second kappa shape index (κ2) is 9.63. The molecule has 3 aromatic rings. The van der Waals surface area contributed by atoms with Gasteiger partial charge in [-0.05, 0) is 30.5 Å². The van der Waals surface area contributed by atoms with Crippen LogP contribution in [0.15, 0.2) is 58.3 Å². The summed E-state index contributed by atoms with van der Waals surface area (Å²) in [5.41, 5.74) is 1.18. The third-order valence-electron chi connectivity index (χ3n) is 4.97. The normalized spacial score (nSPS) is 13.2. The van der Waals surface area contributed by atoms with Gasteiger partial charge >= 0.3 is 0 Å². The molecule has 1 aliphatic carbocycles. The van der Waals surface area contributed by atoms with Gasteiger partial charge < -0.3 is 13.9 Å². The van der Waals surface area contributed by atoms with E-state index in [9.17, 15) is 4.79 Å². The smallest absolute Gasteiger partial charge is 0.233 e. The number of benzene rings is 1. The van der Waals surface area contributed by atoms with Crippen LogP contribution in [0, 0.1) is 11.3 Å². The van der Waals surface area contributed by atoms with Crippen LogP contribution in [0.1, 0.15) is 42.3 Å². The maximum absolute atomic E-state index is 12.9. The lowest BCUT2D eigenvalue weighted by atomic mass is 10.2. The quantitative estimate of drug-likeness (QED) is 0.462. The van der Waals surface area contributed by atoms with E-state index in [1.807, 2.05) is 24.3 Å². The van der Waals surface area contributed by atoms with Gasteiger partial charge in [0, 0.05) is 12.5 Å². The summed E-state index contributed by atoms with van der Waals surface area (Å²) in [7, 11) is 0. The van der Waals surface area contributed by atoms with Gasteiger partial charge in [0.15, 0.2) is 5.16 Å². The van der Waals surface area contributed by atoms with Crippen LogP contribution in [0.3, 0.4) is 0 Å². The molecule has 2 aromatic heterocycles. The van der Waals surface area contributed by atoms with Gasteiger partial charge in [-0.3, -0.25) is 4.79 Å². The molecule has 0 radical (unpaired) electrons. The number of amides is 1. The molecular weight excluding hydrogens is 398 g/mol. The van der Waals surface area contributed by atoms with Crippen molar-refractivity contribution < 1.29 is 9.21 Å². The first-order valence-corrected chi connectivity index (χ1v) is 11.0. The van der Waals surface area contributed by atoms with E-state index in [-0.39, 0.29) is 18.1 Å². The Kier molecular flexibility index (Phi) is 6.50. The van der Waals surface area contributed by atoms with Crippen LogP contribution >= 0.6 is 11.8 Å². The van der Waals surface area contributed by atoms with Crippen LogP contribution in [0.5, 0.6) is 0 Å². The molecule has 0 bridgehead atoms. The summed E-state index contributed by atoms with van der Waals surface area (Å²) in [6.07, 6.45) is 4.15. The van der Waals surface area contributed by atoms with E-state index >= 15 is 0 Å². The van der Waals surface area contributed by atoms with Crippen molar-refractivity contribution in [2.24, 2.45) is 0 Å². The Balaban J connectivity index is 1.45. The van der Waals surface area contributed by atoms with E-state index in [0.717, 1.165) is 23.8 Å². The highest BCUT2D eigenvalue weighted by Gasteiger charge is 2.30. The van der Waals surface area contributed by atoms with Crippen molar-refractivity contribution in [3.8, 4) is 6.07 Å². The molecule has 2 heterocycles. The molecular formula is C22H23N5O2S. The summed E-state index contributed by atoms with van der Waals surface area (Å²) in [5, 5.41) is 18.5. The van der Waals surface area contributed by atoms with Crippen molar-refractivity contribution in [2.75, 3.05) is 12.3 Å². The first-order valence-electron chi connectivity index (χ1n) is 10.0. The highest BCUT2D eigenvalue weighted by atomic mass is 32.2. The fraction of sp³-hybridized carbons (Fsp3) is 0.364. The van der Waals surface area contributed by atoms with Crippen LogP contribution < -0.4 is 0 Å². The number of thioether (sulfide) groups is 1. The van der Waals surface area contributed by atoms with E-state index in [4.69, 9.17) is 9.68 Å². The molecule has 0 N–H and O–H groups in total. The van der Waals surface area contributed by atoms with Gasteiger partial charge in [0.05, 0.1) is 37.6 Å². The molecule has 0 spiro atoms. The Morgan fingerprint density at radius 1 is 1.23 bits per heavy atom. The first-order chi connectivity index (χ1) is 14.7. The predicted octanol–water partition coefficient (Wildman–Crippen LogP) is 3.83. The molecule has 0 atom stereocenters. The number of aromatic nitrogens is 3. The van der Waals surface area contributed by atoms with E-state index in [2.05, 4.69) is 33.0 Å². The number of hydrogen-bond donors (Lipinski definition) is 0. The highest BCUT2D eigenvalue weighted by Crippen LogP contribution is 2.40. The van der Waals surface area contributed by atoms with Crippen molar-refractivity contribution in [2.45, 2.75) is 43.4 Å². The molecule has 0 unspecified atom stereocenters. The zero-order valence-corrected chi connectivity index (χ0v) is 17.4. The molecule has 7 nitrogen and oxygen atoms in total. The van der Waals surface area contributed by atoms with Crippen LogP contribution in [0.4, 0.5) is 0 Å². The van der Waals surface area contributed by atoms with E-state index < -0.39 is 0 Å². The van der Waals surface area contributed by atoms with Gasteiger partial charge in [-0.1, -0.05) is 42.1 Å². The lowest BCUT2D eigenvalue weighted by Gasteiger charge is -2.20. The molecule has 1 aliphatic rings. The Bertz CT molecular complexity index is 1010. The highest BCUT2D eigenvalue weighted by molar-refractivity contribution is 7.99. The molecule has 1 aromatic carbocycles. The minimum absolute atomic E-state index is 0.0473. The third-order valence-corrected chi connectivity index (χ3v) is 5.92. The average Bonchev–Trinajstić information content (AvgIpc) is 3.33. The predicted molar refractivity (Wildman–Crippen MR) is 113 cm³/mol. The summed E-state index contributed by atoms with van der Waals surface area (Å²) in [6, 6.07) is 16.0. The lowest BCUT2D eigenvalue weighted by Crippen LogP contribution is -2.32. The second-order valence-electron chi connectivity index (χ2n) is 7.28. The molecule has 8 heteroatoms. The molecule has 0 aliphatic heterocycles. The average molecular weight is 422 g/mol. The van der Waals surface area contributed by atoms with Crippen molar-refractivity contribution >= 4 is 17.7 Å². The summed E-state index contributed by atoms with van der Waals surface area (Å²) in [5.74, 6) is 2.37. The fourth-order valence-corrected chi connectivity index (χ4v) is 4.10. The second-order valence-corrected chi connectivity index (χ2v) is 8.22. The first kappa shape index (κ1) is 20.2. The summed E-state index contributed by atoms with van der Waals surface area (Å²) in [6.45, 7) is 1.43. The zero-order chi connectivity index (χ0) is 20.8. The van der Waals surface area contributed by atoms with Crippen molar-refractivity contribution in [1.29, 1.82) is 5.26 Å². The minimum atomic E-state index is -0.0473. The summed E-state index contributed by atoms with van der Waals surface area (Å²) in [4.78, 5) is 14.5. The maximum atomic E-state index is 12.9. The van der Waals surface area contributed by atoms with Crippen LogP contribution in [-0.2, 0) is 17.9 Å². The SMILES string of the molecule is N#CCCN(Cc1ccco1)C(=O)CSc1nnc(C2CC2)n1Cc1ccccc1. The third kappa shape index (κ3) is 5.10. The van der Waals surface area contributed by atoms with Crippen LogP contribution in [0.25, 0.3) is 0 Å². The fourth-order valence-electron chi connectivity index (χ4n) is 3.25. The summed E-state index contributed by atoms with van der Waals surface area (Å²) < 4.78 is 7.50. The number of carbonyl (C=O) groups excluding carboxylic acids is 1. The lowest BCUT2D eigenvalue weighted by molar-refractivity contribution is -0.129. The maximum Gasteiger partial charge on any atom is 0.233 e. The van der Waals surface area contributed by atoms with E-state index in [1.165, 1.54) is 17.3 Å².